The molecule has 0 aliphatic rings. The molecular formula is C26H32N2O3. The number of ether oxygens (including phenoxy) is 2. The van der Waals surface area contributed by atoms with Crippen molar-refractivity contribution < 1.29 is 14.3 Å². The molecule has 0 saturated carbocycles. The van der Waals surface area contributed by atoms with Crippen molar-refractivity contribution in [3.8, 4) is 11.5 Å². The number of carbonyl (C=O) groups is 1. The third-order valence-electron chi connectivity index (χ3n) is 5.25. The number of amides is 1. The lowest BCUT2D eigenvalue weighted by molar-refractivity contribution is -0.134. The fourth-order valence-corrected chi connectivity index (χ4v) is 3.51. The fourth-order valence-electron chi connectivity index (χ4n) is 3.51. The monoisotopic (exact) mass is 420 g/mol. The number of unbranched alkanes of at least 4 members (excludes halogenated alkanes) is 2. The van der Waals surface area contributed by atoms with Crippen LogP contribution in [0.5, 0.6) is 11.5 Å². The van der Waals surface area contributed by atoms with E-state index < -0.39 is 0 Å². The lowest BCUT2D eigenvalue weighted by atomic mass is 10.2. The summed E-state index contributed by atoms with van der Waals surface area (Å²) in [6.45, 7) is 4.25. The molecule has 0 saturated heterocycles. The minimum Gasteiger partial charge on any atom is -0.497 e. The number of nitrogens with zero attached hydrogens (tertiary/aromatic N) is 2. The molecule has 5 heteroatoms. The number of methoxy groups -OCH3 is 1. The molecular weight excluding hydrogens is 388 g/mol. The third kappa shape index (κ3) is 6.92. The zero-order valence-electron chi connectivity index (χ0n) is 18.5. The highest BCUT2D eigenvalue weighted by molar-refractivity contribution is 5.77. The quantitative estimate of drug-likeness (QED) is 0.381. The second-order valence-corrected chi connectivity index (χ2v) is 7.60. The van der Waals surface area contributed by atoms with Gasteiger partial charge in [0.25, 0.3) is 5.91 Å². The molecule has 1 aromatic heterocycles. The first-order valence-electron chi connectivity index (χ1n) is 10.9. The van der Waals surface area contributed by atoms with E-state index >= 15 is 0 Å². The molecule has 1 heterocycles. The Morgan fingerprint density at radius 1 is 0.968 bits per heavy atom. The van der Waals surface area contributed by atoms with Gasteiger partial charge in [-0.15, -0.1) is 0 Å². The minimum atomic E-state index is 0.00841. The summed E-state index contributed by atoms with van der Waals surface area (Å²) in [7, 11) is 1.68. The maximum Gasteiger partial charge on any atom is 0.260 e. The lowest BCUT2D eigenvalue weighted by Crippen LogP contribution is -2.36. The molecule has 0 unspecified atom stereocenters. The van der Waals surface area contributed by atoms with Gasteiger partial charge in [0.15, 0.2) is 6.61 Å². The Bertz CT molecular complexity index is 937. The number of hydrogen-bond donors (Lipinski definition) is 0. The van der Waals surface area contributed by atoms with E-state index in [4.69, 9.17) is 9.47 Å². The van der Waals surface area contributed by atoms with Crippen LogP contribution in [0.25, 0.3) is 0 Å². The maximum absolute atomic E-state index is 13.0. The molecule has 0 N–H and O–H groups in total. The Morgan fingerprint density at radius 3 is 2.55 bits per heavy atom. The molecule has 0 spiro atoms. The van der Waals surface area contributed by atoms with Gasteiger partial charge in [-0.25, -0.2) is 0 Å². The number of para-hydroxylation sites is 1. The van der Waals surface area contributed by atoms with Crippen molar-refractivity contribution in [1.82, 2.24) is 9.47 Å². The van der Waals surface area contributed by atoms with Crippen molar-refractivity contribution in [2.45, 2.75) is 39.3 Å². The van der Waals surface area contributed by atoms with Gasteiger partial charge in [-0.2, -0.15) is 0 Å². The van der Waals surface area contributed by atoms with E-state index in [1.807, 2.05) is 59.5 Å². The van der Waals surface area contributed by atoms with Crippen LogP contribution in [0, 0.1) is 0 Å². The van der Waals surface area contributed by atoms with Crippen LogP contribution in [0.2, 0.25) is 0 Å². The topological polar surface area (TPSA) is 43.7 Å². The van der Waals surface area contributed by atoms with Gasteiger partial charge in [0.05, 0.1) is 13.7 Å². The average molecular weight is 421 g/mol. The normalized spacial score (nSPS) is 10.6. The molecule has 31 heavy (non-hydrogen) atoms. The Hall–Kier alpha value is -3.21. The van der Waals surface area contributed by atoms with Crippen LogP contribution >= 0.6 is 0 Å². The summed E-state index contributed by atoms with van der Waals surface area (Å²) in [4.78, 5) is 14.9. The summed E-state index contributed by atoms with van der Waals surface area (Å²) in [6.07, 6.45) is 5.27. The first-order chi connectivity index (χ1) is 15.2. The number of hydrogen-bond acceptors (Lipinski definition) is 3. The van der Waals surface area contributed by atoms with Gasteiger partial charge >= 0.3 is 0 Å². The van der Waals surface area contributed by atoms with E-state index in [-0.39, 0.29) is 12.5 Å². The molecule has 0 aliphatic carbocycles. The SMILES string of the molecule is CCCCCN(Cc1cccn1Cc1cccc(OC)c1)C(=O)COc1ccccc1. The lowest BCUT2D eigenvalue weighted by Gasteiger charge is -2.24. The Morgan fingerprint density at radius 2 is 1.77 bits per heavy atom. The molecule has 0 aliphatic heterocycles. The summed E-state index contributed by atoms with van der Waals surface area (Å²) in [5.74, 6) is 1.57. The first kappa shape index (κ1) is 22.5. The zero-order valence-corrected chi connectivity index (χ0v) is 18.5. The van der Waals surface area contributed by atoms with Gasteiger partial charge in [-0.1, -0.05) is 50.1 Å². The van der Waals surface area contributed by atoms with E-state index in [1.165, 1.54) is 0 Å². The van der Waals surface area contributed by atoms with Crippen molar-refractivity contribution in [1.29, 1.82) is 0 Å². The number of aromatic nitrogens is 1. The molecule has 0 bridgehead atoms. The van der Waals surface area contributed by atoms with Gasteiger partial charge in [0, 0.05) is 25.0 Å². The van der Waals surface area contributed by atoms with E-state index in [1.54, 1.807) is 7.11 Å². The molecule has 0 fully saturated rings. The molecule has 1 amide bonds. The molecule has 0 radical (unpaired) electrons. The second-order valence-electron chi connectivity index (χ2n) is 7.60. The summed E-state index contributed by atoms with van der Waals surface area (Å²) in [5, 5.41) is 0. The standard InChI is InChI=1S/C26H32N2O3/c1-3-4-8-16-28(26(29)21-31-24-13-6-5-7-14-24)20-23-12-10-17-27(23)19-22-11-9-15-25(18-22)30-2/h5-7,9-15,17-18H,3-4,8,16,19-21H2,1-2H3. The summed E-state index contributed by atoms with van der Waals surface area (Å²) < 4.78 is 13.2. The van der Waals surface area contributed by atoms with Gasteiger partial charge < -0.3 is 18.9 Å². The van der Waals surface area contributed by atoms with Gasteiger partial charge in [0.2, 0.25) is 0 Å². The Labute approximate surface area is 185 Å². The zero-order chi connectivity index (χ0) is 21.9. The number of carbonyl (C=O) groups excluding carboxylic acids is 1. The van der Waals surface area contributed by atoms with Crippen LogP contribution < -0.4 is 9.47 Å². The molecule has 3 rings (SSSR count). The Balaban J connectivity index is 1.67. The third-order valence-corrected chi connectivity index (χ3v) is 5.25. The highest BCUT2D eigenvalue weighted by Crippen LogP contribution is 2.16. The van der Waals surface area contributed by atoms with Crippen molar-refractivity contribution in [2.24, 2.45) is 0 Å². The van der Waals surface area contributed by atoms with Crippen LogP contribution in [0.1, 0.15) is 37.4 Å². The summed E-state index contributed by atoms with van der Waals surface area (Å²) >= 11 is 0. The largest absolute Gasteiger partial charge is 0.497 e. The smallest absolute Gasteiger partial charge is 0.260 e. The van der Waals surface area contributed by atoms with Gasteiger partial charge in [-0.3, -0.25) is 4.79 Å². The van der Waals surface area contributed by atoms with Crippen molar-refractivity contribution in [3.05, 3.63) is 84.2 Å². The minimum absolute atomic E-state index is 0.00841. The van der Waals surface area contributed by atoms with Crippen molar-refractivity contribution in [2.75, 3.05) is 20.3 Å². The van der Waals surface area contributed by atoms with Crippen LogP contribution in [0.15, 0.2) is 72.9 Å². The molecule has 3 aromatic rings. The highest BCUT2D eigenvalue weighted by Gasteiger charge is 2.16. The Kier molecular flexibility index (Phi) is 8.59. The van der Waals surface area contributed by atoms with Crippen LogP contribution in [0.3, 0.4) is 0 Å². The van der Waals surface area contributed by atoms with E-state index in [0.29, 0.717) is 12.3 Å². The fraction of sp³-hybridized carbons (Fsp3) is 0.346. The molecule has 0 atom stereocenters. The van der Waals surface area contributed by atoms with Gasteiger partial charge in [-0.05, 0) is 48.4 Å². The van der Waals surface area contributed by atoms with Crippen LogP contribution in [-0.4, -0.2) is 35.6 Å². The van der Waals surface area contributed by atoms with E-state index in [0.717, 1.165) is 49.4 Å². The second kappa shape index (κ2) is 11.8. The summed E-state index contributed by atoms with van der Waals surface area (Å²) in [6, 6.07) is 21.7. The van der Waals surface area contributed by atoms with E-state index in [9.17, 15) is 4.79 Å². The maximum atomic E-state index is 13.0. The van der Waals surface area contributed by atoms with Crippen LogP contribution in [-0.2, 0) is 17.9 Å². The average Bonchev–Trinajstić information content (AvgIpc) is 3.24. The van der Waals surface area contributed by atoms with E-state index in [2.05, 4.69) is 29.8 Å². The van der Waals surface area contributed by atoms with Crippen molar-refractivity contribution >= 4 is 5.91 Å². The number of benzene rings is 2. The first-order valence-corrected chi connectivity index (χ1v) is 10.9. The highest BCUT2D eigenvalue weighted by atomic mass is 16.5. The molecule has 5 nitrogen and oxygen atoms in total. The molecule has 2 aromatic carbocycles. The van der Waals surface area contributed by atoms with Crippen LogP contribution in [0.4, 0.5) is 0 Å². The predicted octanol–water partition coefficient (Wildman–Crippen LogP) is 5.14. The predicted molar refractivity (Wildman–Crippen MR) is 123 cm³/mol. The number of rotatable bonds is 12. The summed E-state index contributed by atoms with van der Waals surface area (Å²) in [5.41, 5.74) is 2.26. The van der Waals surface area contributed by atoms with Gasteiger partial charge in [0.1, 0.15) is 11.5 Å². The molecule has 164 valence electrons. The van der Waals surface area contributed by atoms with Crippen molar-refractivity contribution in [3.63, 3.8) is 0 Å².